The summed E-state index contributed by atoms with van der Waals surface area (Å²) in [6.07, 6.45) is 1.03. The molecule has 0 heterocycles. The second-order valence-corrected chi connectivity index (χ2v) is 12.7. The van der Waals surface area contributed by atoms with E-state index in [2.05, 4.69) is 148 Å². The Labute approximate surface area is 252 Å². The number of rotatable bonds is 2. The Morgan fingerprint density at radius 3 is 1.60 bits per heavy atom. The van der Waals surface area contributed by atoms with E-state index in [-0.39, 0.29) is 5.41 Å². The summed E-state index contributed by atoms with van der Waals surface area (Å²) in [5.41, 5.74) is 9.67. The van der Waals surface area contributed by atoms with Gasteiger partial charge in [0.1, 0.15) is 0 Å². The average molecular weight is 549 g/mol. The summed E-state index contributed by atoms with van der Waals surface area (Å²) in [6, 6.07) is 48.0. The molecule has 0 bridgehead atoms. The Hall–Kier alpha value is -4.94. The molecule has 8 aromatic rings. The van der Waals surface area contributed by atoms with Gasteiger partial charge in [-0.25, -0.2) is 0 Å². The molecule has 8 aromatic carbocycles. The van der Waals surface area contributed by atoms with Crippen LogP contribution in [0.2, 0.25) is 0 Å². The van der Waals surface area contributed by atoms with E-state index in [9.17, 15) is 0 Å². The third-order valence-electron chi connectivity index (χ3n) is 10.2. The van der Waals surface area contributed by atoms with Crippen molar-refractivity contribution in [3.8, 4) is 22.3 Å². The molecule has 0 heteroatoms. The minimum absolute atomic E-state index is 0.114. The molecule has 1 aliphatic carbocycles. The van der Waals surface area contributed by atoms with Crippen LogP contribution in [0.3, 0.4) is 0 Å². The van der Waals surface area contributed by atoms with Gasteiger partial charge in [0, 0.05) is 5.41 Å². The zero-order valence-electron chi connectivity index (χ0n) is 24.8. The van der Waals surface area contributed by atoms with Gasteiger partial charge in [-0.2, -0.15) is 0 Å². The lowest BCUT2D eigenvalue weighted by molar-refractivity contribution is 0.660. The Morgan fingerprint density at radius 1 is 0.419 bits per heavy atom. The van der Waals surface area contributed by atoms with Crippen LogP contribution in [0.4, 0.5) is 0 Å². The molecule has 0 spiro atoms. The van der Waals surface area contributed by atoms with E-state index in [0.29, 0.717) is 0 Å². The first-order valence-electron chi connectivity index (χ1n) is 15.5. The normalized spacial score (nSPS) is 13.7. The van der Waals surface area contributed by atoms with Crippen molar-refractivity contribution in [1.82, 2.24) is 0 Å². The zero-order valence-corrected chi connectivity index (χ0v) is 24.8. The summed E-state index contributed by atoms with van der Waals surface area (Å²) in [7, 11) is 0. The van der Waals surface area contributed by atoms with Crippen LogP contribution in [0, 0.1) is 0 Å². The van der Waals surface area contributed by atoms with Gasteiger partial charge in [0.2, 0.25) is 0 Å². The maximum atomic E-state index is 2.54. The van der Waals surface area contributed by atoms with E-state index in [1.54, 1.807) is 0 Å². The fourth-order valence-electron chi connectivity index (χ4n) is 8.09. The Kier molecular flexibility index (Phi) is 5.03. The molecule has 204 valence electrons. The van der Waals surface area contributed by atoms with Gasteiger partial charge in [-0.15, -0.1) is 0 Å². The van der Waals surface area contributed by atoms with Crippen LogP contribution >= 0.6 is 0 Å². The predicted octanol–water partition coefficient (Wildman–Crippen LogP) is 12.0. The fraction of sp³-hybridized carbons (Fsp3) is 0.116. The molecular formula is C43H32. The lowest BCUT2D eigenvalue weighted by atomic mass is 9.79. The highest BCUT2D eigenvalue weighted by Gasteiger charge is 2.39. The molecule has 0 N–H and O–H groups in total. The third kappa shape index (κ3) is 3.27. The molecule has 0 fully saturated rings. The molecule has 0 amide bonds. The quantitative estimate of drug-likeness (QED) is 0.188. The Balaban J connectivity index is 1.45. The minimum atomic E-state index is -0.114. The molecule has 0 radical (unpaired) electrons. The van der Waals surface area contributed by atoms with E-state index in [1.165, 1.54) is 92.8 Å². The van der Waals surface area contributed by atoms with Crippen LogP contribution in [0.5, 0.6) is 0 Å². The summed E-state index contributed by atoms with van der Waals surface area (Å²) >= 11 is 0. The minimum Gasteiger partial charge on any atom is -0.0616 e. The number of hydrogen-bond acceptors (Lipinski definition) is 0. The highest BCUT2D eigenvalue weighted by molar-refractivity contribution is 6.23. The smallest absolute Gasteiger partial charge is 0.0159 e. The number of benzene rings is 8. The van der Waals surface area contributed by atoms with Crippen LogP contribution in [0.25, 0.3) is 76.1 Å². The van der Waals surface area contributed by atoms with Gasteiger partial charge in [0.15, 0.2) is 0 Å². The van der Waals surface area contributed by atoms with E-state index in [1.807, 2.05) is 0 Å². The third-order valence-corrected chi connectivity index (χ3v) is 10.2. The van der Waals surface area contributed by atoms with Crippen molar-refractivity contribution in [1.29, 1.82) is 0 Å². The molecule has 0 atom stereocenters. The fourth-order valence-corrected chi connectivity index (χ4v) is 8.09. The van der Waals surface area contributed by atoms with Crippen LogP contribution in [-0.4, -0.2) is 0 Å². The van der Waals surface area contributed by atoms with Crippen LogP contribution in [0.1, 0.15) is 37.5 Å². The second-order valence-electron chi connectivity index (χ2n) is 12.7. The summed E-state index contributed by atoms with van der Waals surface area (Å²) in [5.74, 6) is 0. The average Bonchev–Trinajstić information content (AvgIpc) is 3.29. The van der Waals surface area contributed by atoms with E-state index in [0.717, 1.165) is 6.42 Å². The maximum Gasteiger partial charge on any atom is 0.0159 e. The predicted molar refractivity (Wildman–Crippen MR) is 186 cm³/mol. The molecule has 9 rings (SSSR count). The number of hydrogen-bond donors (Lipinski definition) is 0. The van der Waals surface area contributed by atoms with Crippen molar-refractivity contribution in [2.24, 2.45) is 0 Å². The maximum absolute atomic E-state index is 2.54. The van der Waals surface area contributed by atoms with Crippen molar-refractivity contribution >= 4 is 53.9 Å². The monoisotopic (exact) mass is 548 g/mol. The highest BCUT2D eigenvalue weighted by Crippen LogP contribution is 2.56. The first kappa shape index (κ1) is 24.6. The molecule has 1 aliphatic rings. The van der Waals surface area contributed by atoms with Crippen molar-refractivity contribution in [3.05, 3.63) is 144 Å². The molecule has 0 nitrogen and oxygen atoms in total. The molecule has 0 aliphatic heterocycles. The SMILES string of the molecule is CCc1cc2c(c3ccccc13)-c1c(cc(-c3cc4c5ccccc5ccc4c4ccccc34)c3ccccc13)C2(C)C. The first-order valence-corrected chi connectivity index (χ1v) is 15.5. The molecule has 0 unspecified atom stereocenters. The summed E-state index contributed by atoms with van der Waals surface area (Å²) in [5, 5.41) is 13.3. The summed E-state index contributed by atoms with van der Waals surface area (Å²) in [4.78, 5) is 0. The van der Waals surface area contributed by atoms with Crippen LogP contribution in [0.15, 0.2) is 127 Å². The van der Waals surface area contributed by atoms with Crippen molar-refractivity contribution in [2.45, 2.75) is 32.6 Å². The van der Waals surface area contributed by atoms with Crippen LogP contribution in [-0.2, 0) is 11.8 Å². The van der Waals surface area contributed by atoms with Gasteiger partial charge in [0.05, 0.1) is 0 Å². The van der Waals surface area contributed by atoms with E-state index < -0.39 is 0 Å². The van der Waals surface area contributed by atoms with Gasteiger partial charge >= 0.3 is 0 Å². The zero-order chi connectivity index (χ0) is 28.9. The second kappa shape index (κ2) is 8.79. The van der Waals surface area contributed by atoms with Gasteiger partial charge in [-0.05, 0) is 111 Å². The topological polar surface area (TPSA) is 0 Å². The van der Waals surface area contributed by atoms with Gasteiger partial charge < -0.3 is 0 Å². The lowest BCUT2D eigenvalue weighted by Crippen LogP contribution is -2.15. The highest BCUT2D eigenvalue weighted by atomic mass is 14.4. The largest absolute Gasteiger partial charge is 0.0616 e. The molecule has 0 saturated heterocycles. The number of aryl methyl sites for hydroxylation is 1. The van der Waals surface area contributed by atoms with Crippen molar-refractivity contribution in [3.63, 3.8) is 0 Å². The number of fused-ring (bicyclic) bond motifs is 12. The molecule has 0 aromatic heterocycles. The molecular weight excluding hydrogens is 516 g/mol. The Morgan fingerprint density at radius 2 is 0.907 bits per heavy atom. The molecule has 0 saturated carbocycles. The molecule has 43 heavy (non-hydrogen) atoms. The summed E-state index contributed by atoms with van der Waals surface area (Å²) in [6.45, 7) is 7.14. The standard InChI is InChI=1S/C43H32/c1-4-26-23-39-41(34-19-11-7-14-28(26)34)42-35-20-12-10-18-32(35)38(25-40(42)43(39,2)3)37-24-36-29-15-6-5-13-27(29)21-22-33(36)30-16-8-9-17-31(30)37/h5-25H,4H2,1-3H3. The van der Waals surface area contributed by atoms with Gasteiger partial charge in [-0.1, -0.05) is 136 Å². The van der Waals surface area contributed by atoms with Crippen molar-refractivity contribution in [2.75, 3.05) is 0 Å². The van der Waals surface area contributed by atoms with Crippen LogP contribution < -0.4 is 0 Å². The van der Waals surface area contributed by atoms with Crippen molar-refractivity contribution < 1.29 is 0 Å². The Bertz CT molecular complexity index is 2460. The summed E-state index contributed by atoms with van der Waals surface area (Å²) < 4.78 is 0. The van der Waals surface area contributed by atoms with E-state index >= 15 is 0 Å². The van der Waals surface area contributed by atoms with E-state index in [4.69, 9.17) is 0 Å². The van der Waals surface area contributed by atoms with Gasteiger partial charge in [0.25, 0.3) is 0 Å². The first-order chi connectivity index (χ1) is 21.1. The lowest BCUT2D eigenvalue weighted by Gasteiger charge is -2.24. The van der Waals surface area contributed by atoms with Gasteiger partial charge in [-0.3, -0.25) is 0 Å².